The number of esters is 1. The molecule has 0 N–H and O–H groups in total. The van der Waals surface area contributed by atoms with Crippen molar-refractivity contribution < 1.29 is 9.53 Å². The molecule has 1 aromatic heterocycles. The fourth-order valence-corrected chi connectivity index (χ4v) is 5.81. The predicted molar refractivity (Wildman–Crippen MR) is 133 cm³/mol. The standard InChI is InChI=1S/C29H27NO2S/c1-20(31)32-28-14-8-13-24-17-21(15-16-26(24)28)18-25-19-27(30-33-25)29(22-9-4-2-5-10-22)23-11-6-3-7-12-23/h2-14,19,21,29H,15-18H2,1H3. The summed E-state index contributed by atoms with van der Waals surface area (Å²) in [5.41, 5.74) is 6.17. The van der Waals surface area contributed by atoms with Crippen LogP contribution in [0.25, 0.3) is 0 Å². The van der Waals surface area contributed by atoms with Crippen LogP contribution in [0.3, 0.4) is 0 Å². The predicted octanol–water partition coefficient (Wildman–Crippen LogP) is 6.60. The van der Waals surface area contributed by atoms with Crippen LogP contribution in [0.4, 0.5) is 0 Å². The maximum Gasteiger partial charge on any atom is 0.308 e. The third-order valence-corrected chi connectivity index (χ3v) is 7.24. The molecule has 0 saturated carbocycles. The van der Waals surface area contributed by atoms with E-state index in [9.17, 15) is 4.79 Å². The fraction of sp³-hybridized carbons (Fsp3) is 0.241. The van der Waals surface area contributed by atoms with Gasteiger partial charge in [-0.3, -0.25) is 4.79 Å². The minimum absolute atomic E-state index is 0.149. The van der Waals surface area contributed by atoms with Gasteiger partial charge in [-0.15, -0.1) is 0 Å². The molecular weight excluding hydrogens is 426 g/mol. The largest absolute Gasteiger partial charge is 0.426 e. The number of ether oxygens (including phenoxy) is 1. The first-order valence-corrected chi connectivity index (χ1v) is 12.3. The van der Waals surface area contributed by atoms with Crippen molar-refractivity contribution in [2.75, 3.05) is 0 Å². The molecule has 3 nitrogen and oxygen atoms in total. The summed E-state index contributed by atoms with van der Waals surface area (Å²) in [4.78, 5) is 12.8. The number of fused-ring (bicyclic) bond motifs is 1. The molecule has 0 fully saturated rings. The lowest BCUT2D eigenvalue weighted by molar-refractivity contribution is -0.131. The average molecular weight is 454 g/mol. The lowest BCUT2D eigenvalue weighted by atomic mass is 9.81. The summed E-state index contributed by atoms with van der Waals surface area (Å²) in [6.45, 7) is 1.46. The van der Waals surface area contributed by atoms with E-state index in [1.807, 2.05) is 12.1 Å². The van der Waals surface area contributed by atoms with Crippen molar-refractivity contribution >= 4 is 17.5 Å². The van der Waals surface area contributed by atoms with Crippen LogP contribution in [0, 0.1) is 5.92 Å². The van der Waals surface area contributed by atoms with E-state index < -0.39 is 0 Å². The van der Waals surface area contributed by atoms with Gasteiger partial charge >= 0.3 is 5.97 Å². The molecule has 4 heteroatoms. The van der Waals surface area contributed by atoms with Crippen LogP contribution < -0.4 is 4.74 Å². The summed E-state index contributed by atoms with van der Waals surface area (Å²) >= 11 is 1.63. The molecule has 3 aromatic carbocycles. The number of carbonyl (C=O) groups is 1. The summed E-state index contributed by atoms with van der Waals surface area (Å²) in [5, 5.41) is 0. The van der Waals surface area contributed by atoms with E-state index in [0.717, 1.165) is 37.1 Å². The van der Waals surface area contributed by atoms with E-state index in [-0.39, 0.29) is 11.9 Å². The Labute approximate surface area is 199 Å². The normalized spacial score (nSPS) is 15.3. The third-order valence-electron chi connectivity index (χ3n) is 6.42. The Kier molecular flexibility index (Phi) is 6.36. The van der Waals surface area contributed by atoms with Crippen LogP contribution in [-0.4, -0.2) is 10.3 Å². The highest BCUT2D eigenvalue weighted by Gasteiger charge is 2.24. The lowest BCUT2D eigenvalue weighted by Crippen LogP contribution is -2.17. The Bertz CT molecular complexity index is 1190. The van der Waals surface area contributed by atoms with Gasteiger partial charge in [-0.05, 0) is 77.5 Å². The van der Waals surface area contributed by atoms with Gasteiger partial charge < -0.3 is 4.74 Å². The Morgan fingerprint density at radius 1 is 1.00 bits per heavy atom. The van der Waals surface area contributed by atoms with Crippen LogP contribution >= 0.6 is 11.5 Å². The zero-order valence-electron chi connectivity index (χ0n) is 18.7. The van der Waals surface area contributed by atoms with Gasteiger partial charge in [-0.25, -0.2) is 0 Å². The molecule has 0 aliphatic heterocycles. The molecule has 33 heavy (non-hydrogen) atoms. The van der Waals surface area contributed by atoms with Gasteiger partial charge in [0.25, 0.3) is 0 Å². The quantitative estimate of drug-likeness (QED) is 0.244. The molecule has 0 radical (unpaired) electrons. The Morgan fingerprint density at radius 2 is 1.70 bits per heavy atom. The number of rotatable bonds is 6. The number of hydrogen-bond donors (Lipinski definition) is 0. The number of nitrogens with zero attached hydrogens (tertiary/aromatic N) is 1. The fourth-order valence-electron chi connectivity index (χ4n) is 4.94. The van der Waals surface area contributed by atoms with Crippen LogP contribution in [0.15, 0.2) is 84.9 Å². The first-order valence-electron chi connectivity index (χ1n) is 11.5. The summed E-state index contributed by atoms with van der Waals surface area (Å²) in [6.07, 6.45) is 4.09. The number of aromatic nitrogens is 1. The molecule has 1 unspecified atom stereocenters. The number of hydrogen-bond acceptors (Lipinski definition) is 4. The van der Waals surface area contributed by atoms with Gasteiger partial charge in [0, 0.05) is 11.8 Å². The van der Waals surface area contributed by atoms with E-state index >= 15 is 0 Å². The van der Waals surface area contributed by atoms with E-state index in [0.29, 0.717) is 5.92 Å². The Hall–Kier alpha value is -3.24. The van der Waals surface area contributed by atoms with Gasteiger partial charge in [0.05, 0.1) is 11.6 Å². The summed E-state index contributed by atoms with van der Waals surface area (Å²) in [6, 6.07) is 29.7. The zero-order valence-corrected chi connectivity index (χ0v) is 19.6. The molecule has 166 valence electrons. The van der Waals surface area contributed by atoms with Crippen LogP contribution in [0.1, 0.15) is 52.1 Å². The van der Waals surface area contributed by atoms with Crippen LogP contribution in [-0.2, 0) is 24.1 Å². The van der Waals surface area contributed by atoms with Crippen molar-refractivity contribution in [3.05, 3.63) is 118 Å². The highest BCUT2D eigenvalue weighted by molar-refractivity contribution is 7.05. The molecule has 0 spiro atoms. The van der Waals surface area contributed by atoms with Crippen molar-refractivity contribution in [2.24, 2.45) is 5.92 Å². The molecule has 0 bridgehead atoms. The smallest absolute Gasteiger partial charge is 0.308 e. The molecule has 4 aromatic rings. The van der Waals surface area contributed by atoms with E-state index in [1.165, 1.54) is 34.1 Å². The first kappa shape index (κ1) is 21.6. The van der Waals surface area contributed by atoms with Crippen LogP contribution in [0.5, 0.6) is 5.75 Å². The summed E-state index contributed by atoms with van der Waals surface area (Å²) in [7, 11) is 0. The van der Waals surface area contributed by atoms with Crippen molar-refractivity contribution in [3.63, 3.8) is 0 Å². The van der Waals surface area contributed by atoms with Gasteiger partial charge in [-0.1, -0.05) is 72.8 Å². The first-order chi connectivity index (χ1) is 16.2. The van der Waals surface area contributed by atoms with E-state index in [4.69, 9.17) is 9.11 Å². The molecule has 1 heterocycles. The molecule has 1 aliphatic rings. The van der Waals surface area contributed by atoms with Crippen molar-refractivity contribution in [1.29, 1.82) is 0 Å². The molecule has 1 atom stereocenters. The topological polar surface area (TPSA) is 39.2 Å². The SMILES string of the molecule is CC(=O)Oc1cccc2c1CCC(Cc1cc(C(c3ccccc3)c3ccccc3)ns1)C2. The van der Waals surface area contributed by atoms with Crippen molar-refractivity contribution in [1.82, 2.24) is 4.37 Å². The van der Waals surface area contributed by atoms with E-state index in [1.54, 1.807) is 11.5 Å². The molecule has 0 saturated heterocycles. The Morgan fingerprint density at radius 3 is 2.36 bits per heavy atom. The summed E-state index contributed by atoms with van der Waals surface area (Å²) in [5.74, 6) is 1.20. The Balaban J connectivity index is 1.35. The maximum absolute atomic E-state index is 11.4. The van der Waals surface area contributed by atoms with Gasteiger partial charge in [0.15, 0.2) is 0 Å². The van der Waals surface area contributed by atoms with Crippen LogP contribution in [0.2, 0.25) is 0 Å². The van der Waals surface area contributed by atoms with E-state index in [2.05, 4.69) is 72.8 Å². The second-order valence-corrected chi connectivity index (χ2v) is 9.66. The third kappa shape index (κ3) is 4.91. The second-order valence-electron chi connectivity index (χ2n) is 8.77. The molecule has 0 amide bonds. The zero-order chi connectivity index (χ0) is 22.6. The minimum Gasteiger partial charge on any atom is -0.426 e. The monoisotopic (exact) mass is 453 g/mol. The van der Waals surface area contributed by atoms with Crippen molar-refractivity contribution in [2.45, 2.75) is 38.5 Å². The molecule has 5 rings (SSSR count). The lowest BCUT2D eigenvalue weighted by Gasteiger charge is -2.25. The number of carbonyl (C=O) groups excluding carboxylic acids is 1. The van der Waals surface area contributed by atoms with Gasteiger partial charge in [0.2, 0.25) is 0 Å². The highest BCUT2D eigenvalue weighted by Crippen LogP contribution is 2.36. The molecule has 1 aliphatic carbocycles. The minimum atomic E-state index is -0.255. The highest BCUT2D eigenvalue weighted by atomic mass is 32.1. The van der Waals surface area contributed by atoms with Gasteiger partial charge in [0.1, 0.15) is 5.75 Å². The number of benzene rings is 3. The molecular formula is C29H27NO2S. The average Bonchev–Trinajstić information content (AvgIpc) is 3.28. The van der Waals surface area contributed by atoms with Crippen molar-refractivity contribution in [3.8, 4) is 5.75 Å². The maximum atomic E-state index is 11.4. The summed E-state index contributed by atoms with van der Waals surface area (Å²) < 4.78 is 10.3. The van der Waals surface area contributed by atoms with Gasteiger partial charge in [-0.2, -0.15) is 4.37 Å². The second kappa shape index (κ2) is 9.72.